The number of carbonyl (C=O) groups excluding carboxylic acids is 2. The maximum absolute atomic E-state index is 12.8. The van der Waals surface area contributed by atoms with Crippen molar-refractivity contribution in [2.45, 2.75) is 44.0 Å². The van der Waals surface area contributed by atoms with Crippen LogP contribution in [0.4, 0.5) is 0 Å². The molecule has 0 radical (unpaired) electrons. The first-order valence-corrected chi connectivity index (χ1v) is 9.07. The van der Waals surface area contributed by atoms with E-state index in [4.69, 9.17) is 4.74 Å². The van der Waals surface area contributed by atoms with Crippen LogP contribution in [0, 0.1) is 5.92 Å². The molecule has 2 amide bonds. The second kappa shape index (κ2) is 6.57. The summed E-state index contributed by atoms with van der Waals surface area (Å²) in [6.07, 6.45) is 4.02. The summed E-state index contributed by atoms with van der Waals surface area (Å²) in [5.74, 6) is 1.27. The van der Waals surface area contributed by atoms with E-state index in [0.29, 0.717) is 26.3 Å². The molecular formula is C15H24N2O3S. The molecule has 1 aliphatic carbocycles. The molecule has 0 aromatic heterocycles. The van der Waals surface area contributed by atoms with E-state index in [0.717, 1.165) is 31.4 Å². The highest BCUT2D eigenvalue weighted by atomic mass is 32.2. The monoisotopic (exact) mass is 312 g/mol. The Hall–Kier alpha value is -0.750. The molecule has 0 N–H and O–H groups in total. The molecule has 0 aromatic rings. The van der Waals surface area contributed by atoms with E-state index >= 15 is 0 Å². The van der Waals surface area contributed by atoms with E-state index in [1.165, 1.54) is 0 Å². The Labute approximate surface area is 130 Å². The number of morpholine rings is 1. The molecule has 3 fully saturated rings. The molecule has 5 nitrogen and oxygen atoms in total. The van der Waals surface area contributed by atoms with Crippen molar-refractivity contribution < 1.29 is 14.3 Å². The third-order valence-corrected chi connectivity index (χ3v) is 5.77. The predicted molar refractivity (Wildman–Crippen MR) is 81.9 cm³/mol. The Balaban J connectivity index is 1.72. The summed E-state index contributed by atoms with van der Waals surface area (Å²) in [7, 11) is 0. The third-order valence-electron chi connectivity index (χ3n) is 4.42. The smallest absolute Gasteiger partial charge is 0.246 e. The minimum Gasteiger partial charge on any atom is -0.378 e. The van der Waals surface area contributed by atoms with Crippen molar-refractivity contribution in [1.82, 2.24) is 9.80 Å². The molecule has 1 saturated carbocycles. The van der Waals surface area contributed by atoms with Gasteiger partial charge in [0.15, 0.2) is 0 Å². The van der Waals surface area contributed by atoms with Crippen molar-refractivity contribution in [2.75, 3.05) is 32.1 Å². The molecule has 0 aromatic carbocycles. The van der Waals surface area contributed by atoms with Crippen molar-refractivity contribution in [1.29, 1.82) is 0 Å². The summed E-state index contributed by atoms with van der Waals surface area (Å²) in [6, 6.07) is -0.252. The maximum atomic E-state index is 12.8. The Morgan fingerprint density at radius 3 is 2.52 bits per heavy atom. The van der Waals surface area contributed by atoms with Gasteiger partial charge in [-0.05, 0) is 19.3 Å². The fourth-order valence-electron chi connectivity index (χ4n) is 3.05. The van der Waals surface area contributed by atoms with Gasteiger partial charge in [-0.2, -0.15) is 0 Å². The van der Waals surface area contributed by atoms with Crippen LogP contribution in [0.15, 0.2) is 0 Å². The standard InChI is InChI=1S/C15H24N2O3S/c1-2-3-13-17(14(18)11-4-5-11)12(10-21-13)15(19)16-6-8-20-9-7-16/h11-13H,2-10H2,1H3. The van der Waals surface area contributed by atoms with E-state index in [9.17, 15) is 9.59 Å². The normalized spacial score (nSPS) is 29.8. The number of rotatable bonds is 4. The van der Waals surface area contributed by atoms with Crippen molar-refractivity contribution in [3.8, 4) is 0 Å². The SMILES string of the molecule is CCCC1SCC(C(=O)N2CCOCC2)N1C(=O)C1CC1. The molecular weight excluding hydrogens is 288 g/mol. The van der Waals surface area contributed by atoms with Gasteiger partial charge in [0.25, 0.3) is 0 Å². The van der Waals surface area contributed by atoms with Gasteiger partial charge in [-0.15, -0.1) is 11.8 Å². The highest BCUT2D eigenvalue weighted by molar-refractivity contribution is 8.00. The van der Waals surface area contributed by atoms with Crippen molar-refractivity contribution in [3.05, 3.63) is 0 Å². The number of thioether (sulfide) groups is 1. The van der Waals surface area contributed by atoms with Gasteiger partial charge in [0, 0.05) is 24.8 Å². The van der Waals surface area contributed by atoms with Gasteiger partial charge in [-0.3, -0.25) is 9.59 Å². The molecule has 2 atom stereocenters. The molecule has 3 rings (SSSR count). The van der Waals surface area contributed by atoms with Crippen LogP contribution in [0.1, 0.15) is 32.6 Å². The van der Waals surface area contributed by atoms with Gasteiger partial charge in [0.1, 0.15) is 6.04 Å². The summed E-state index contributed by atoms with van der Waals surface area (Å²) in [5, 5.41) is 0.193. The van der Waals surface area contributed by atoms with Gasteiger partial charge < -0.3 is 14.5 Å². The van der Waals surface area contributed by atoms with Crippen LogP contribution in [0.25, 0.3) is 0 Å². The zero-order valence-corrected chi connectivity index (χ0v) is 13.4. The Kier molecular flexibility index (Phi) is 4.74. The molecule has 0 spiro atoms. The minimum absolute atomic E-state index is 0.124. The molecule has 21 heavy (non-hydrogen) atoms. The molecule has 2 saturated heterocycles. The molecule has 0 bridgehead atoms. The lowest BCUT2D eigenvalue weighted by atomic mass is 10.1. The van der Waals surface area contributed by atoms with E-state index in [1.807, 2.05) is 9.80 Å². The maximum Gasteiger partial charge on any atom is 0.246 e. The number of nitrogens with zero attached hydrogens (tertiary/aromatic N) is 2. The summed E-state index contributed by atoms with van der Waals surface area (Å²) in [6.45, 7) is 4.67. The van der Waals surface area contributed by atoms with Crippen LogP contribution >= 0.6 is 11.8 Å². The van der Waals surface area contributed by atoms with Gasteiger partial charge in [-0.25, -0.2) is 0 Å². The number of hydrogen-bond acceptors (Lipinski definition) is 4. The Morgan fingerprint density at radius 2 is 1.90 bits per heavy atom. The summed E-state index contributed by atoms with van der Waals surface area (Å²) < 4.78 is 5.32. The van der Waals surface area contributed by atoms with E-state index in [1.54, 1.807) is 11.8 Å². The fraction of sp³-hybridized carbons (Fsp3) is 0.867. The van der Waals surface area contributed by atoms with E-state index in [-0.39, 0.29) is 29.1 Å². The van der Waals surface area contributed by atoms with Crippen LogP contribution in [0.5, 0.6) is 0 Å². The number of hydrogen-bond donors (Lipinski definition) is 0. The predicted octanol–water partition coefficient (Wildman–Crippen LogP) is 1.33. The van der Waals surface area contributed by atoms with Gasteiger partial charge >= 0.3 is 0 Å². The average molecular weight is 312 g/mol. The van der Waals surface area contributed by atoms with Crippen LogP contribution in [0.3, 0.4) is 0 Å². The first kappa shape index (κ1) is 15.2. The van der Waals surface area contributed by atoms with Crippen LogP contribution in [-0.4, -0.2) is 65.1 Å². The molecule has 6 heteroatoms. The summed E-state index contributed by atoms with van der Waals surface area (Å²) in [4.78, 5) is 29.2. The van der Waals surface area contributed by atoms with Gasteiger partial charge in [0.05, 0.1) is 18.6 Å². The fourth-order valence-corrected chi connectivity index (χ4v) is 4.58. The van der Waals surface area contributed by atoms with Crippen molar-refractivity contribution in [2.24, 2.45) is 5.92 Å². The topological polar surface area (TPSA) is 49.9 Å². The summed E-state index contributed by atoms with van der Waals surface area (Å²) >= 11 is 1.78. The minimum atomic E-state index is -0.252. The largest absolute Gasteiger partial charge is 0.378 e. The van der Waals surface area contributed by atoms with Crippen LogP contribution in [-0.2, 0) is 14.3 Å². The molecule has 2 unspecified atom stereocenters. The zero-order chi connectivity index (χ0) is 14.8. The van der Waals surface area contributed by atoms with E-state index in [2.05, 4.69) is 6.92 Å². The van der Waals surface area contributed by atoms with Crippen LogP contribution in [0.2, 0.25) is 0 Å². The Morgan fingerprint density at radius 1 is 1.19 bits per heavy atom. The highest BCUT2D eigenvalue weighted by Crippen LogP contribution is 2.39. The number of ether oxygens (including phenoxy) is 1. The quantitative estimate of drug-likeness (QED) is 0.786. The summed E-state index contributed by atoms with van der Waals surface area (Å²) in [5.41, 5.74) is 0. The van der Waals surface area contributed by atoms with Gasteiger partial charge in [-0.1, -0.05) is 13.3 Å². The molecule has 3 aliphatic rings. The van der Waals surface area contributed by atoms with Gasteiger partial charge in [0.2, 0.25) is 11.8 Å². The first-order valence-electron chi connectivity index (χ1n) is 8.02. The lowest BCUT2D eigenvalue weighted by Crippen LogP contribution is -2.53. The Bertz CT molecular complexity index is 408. The van der Waals surface area contributed by atoms with E-state index < -0.39 is 0 Å². The molecule has 118 valence electrons. The number of carbonyl (C=O) groups is 2. The number of amides is 2. The van der Waals surface area contributed by atoms with Crippen molar-refractivity contribution in [3.63, 3.8) is 0 Å². The first-order chi connectivity index (χ1) is 10.2. The second-order valence-electron chi connectivity index (χ2n) is 6.05. The third kappa shape index (κ3) is 3.21. The lowest BCUT2D eigenvalue weighted by Gasteiger charge is -2.34. The van der Waals surface area contributed by atoms with Crippen LogP contribution < -0.4 is 0 Å². The van der Waals surface area contributed by atoms with Crippen molar-refractivity contribution >= 4 is 23.6 Å². The second-order valence-corrected chi connectivity index (χ2v) is 7.26. The molecule has 2 heterocycles. The zero-order valence-electron chi connectivity index (χ0n) is 12.6. The lowest BCUT2D eigenvalue weighted by molar-refractivity contribution is -0.148. The average Bonchev–Trinajstić information content (AvgIpc) is 3.28. The highest BCUT2D eigenvalue weighted by Gasteiger charge is 2.46. The molecule has 2 aliphatic heterocycles.